The van der Waals surface area contributed by atoms with Gasteiger partial charge < -0.3 is 0 Å². The molecular weight excluding hydrogens is 249 g/mol. The maximum atomic E-state index is 2.36. The Labute approximate surface area is 77.3 Å². The van der Waals surface area contributed by atoms with Crippen molar-refractivity contribution < 1.29 is 21.5 Å². The third kappa shape index (κ3) is 1.27. The summed E-state index contributed by atoms with van der Waals surface area (Å²) in [4.78, 5) is 0. The molecule has 1 aromatic carbocycles. The summed E-state index contributed by atoms with van der Waals surface area (Å²) < 4.78 is 4.65. The maximum absolute atomic E-state index is 2.36. The van der Waals surface area contributed by atoms with Crippen molar-refractivity contribution in [2.45, 2.75) is 0 Å². The Balaban J connectivity index is 2.54. The van der Waals surface area contributed by atoms with Crippen LogP contribution in [0.2, 0.25) is 0 Å². The molecule has 0 atom stereocenters. The van der Waals surface area contributed by atoms with Crippen LogP contribution in [0, 0.1) is 0 Å². The van der Waals surface area contributed by atoms with E-state index in [1.165, 1.54) is 11.3 Å². The average Bonchev–Trinajstić information content (AvgIpc) is 2.06. The number of fused-ring (bicyclic) bond motifs is 1. The number of para-hydroxylation sites is 1. The molecule has 0 unspecified atom stereocenters. The van der Waals surface area contributed by atoms with Gasteiger partial charge in [-0.3, -0.25) is 0 Å². The van der Waals surface area contributed by atoms with Gasteiger partial charge in [0.25, 0.3) is 0 Å². The molecule has 1 aromatic rings. The van der Waals surface area contributed by atoms with E-state index in [-0.39, 0.29) is 21.5 Å². The number of nitrogens with zero attached hydrogens (tertiary/aromatic N) is 1. The first-order valence-electron chi connectivity index (χ1n) is 3.51. The van der Waals surface area contributed by atoms with Gasteiger partial charge in [-0.1, -0.05) is 0 Å². The molecule has 0 fully saturated rings. The van der Waals surface area contributed by atoms with Gasteiger partial charge in [-0.05, 0) is 0 Å². The molecule has 58 valence electrons. The van der Waals surface area contributed by atoms with Gasteiger partial charge in [-0.2, -0.15) is 0 Å². The van der Waals surface area contributed by atoms with Crippen LogP contribution in [0.15, 0.2) is 28.3 Å². The van der Waals surface area contributed by atoms with Crippen LogP contribution < -0.4 is 24.6 Å². The Morgan fingerprint density at radius 1 is 1.27 bits per heavy atom. The number of halogens is 1. The second-order valence-corrected chi connectivity index (χ2v) is 5.15. The van der Waals surface area contributed by atoms with Gasteiger partial charge >= 0.3 is 77.3 Å². The van der Waals surface area contributed by atoms with Crippen molar-refractivity contribution in [3.05, 3.63) is 33.9 Å². The van der Waals surface area contributed by atoms with E-state index in [1.807, 2.05) is 0 Å². The van der Waals surface area contributed by atoms with E-state index in [0.717, 1.165) is 0 Å². The molecule has 0 amide bonds. The molecular formula is C9H9IN-. The van der Waals surface area contributed by atoms with Gasteiger partial charge in [0, 0.05) is 0 Å². The minimum atomic E-state index is 0.116. The Morgan fingerprint density at radius 3 is 2.91 bits per heavy atom. The molecule has 0 saturated carbocycles. The van der Waals surface area contributed by atoms with Crippen molar-refractivity contribution in [2.75, 3.05) is 10.2 Å². The van der Waals surface area contributed by atoms with Crippen LogP contribution in [0.3, 0.4) is 0 Å². The fourth-order valence-corrected chi connectivity index (χ4v) is 2.91. The van der Waals surface area contributed by atoms with E-state index >= 15 is 0 Å². The summed E-state index contributed by atoms with van der Waals surface area (Å²) in [6.07, 6.45) is 2.22. The summed E-state index contributed by atoms with van der Waals surface area (Å²) in [5.41, 5.74) is 2.73. The predicted molar refractivity (Wildman–Crippen MR) is 43.9 cm³/mol. The molecule has 1 aliphatic heterocycles. The summed E-state index contributed by atoms with van der Waals surface area (Å²) in [5, 5.41) is 0. The second-order valence-electron chi connectivity index (χ2n) is 2.43. The first kappa shape index (κ1) is 7.16. The van der Waals surface area contributed by atoms with E-state index in [2.05, 4.69) is 44.6 Å². The van der Waals surface area contributed by atoms with Crippen molar-refractivity contribution >= 4 is 11.8 Å². The van der Waals surface area contributed by atoms with Gasteiger partial charge in [-0.25, -0.2) is 0 Å². The number of hydrogen-bond acceptors (Lipinski definition) is 1. The molecule has 2 heteroatoms. The minimum absolute atomic E-state index is 0.116. The fourth-order valence-electron chi connectivity index (χ4n) is 1.14. The van der Waals surface area contributed by atoms with Gasteiger partial charge in [-0.15, -0.1) is 0 Å². The van der Waals surface area contributed by atoms with Gasteiger partial charge in [0.05, 0.1) is 0 Å². The number of rotatable bonds is 0. The van der Waals surface area contributed by atoms with Crippen molar-refractivity contribution in [1.82, 2.24) is 0 Å². The van der Waals surface area contributed by atoms with Crippen molar-refractivity contribution in [3.63, 3.8) is 0 Å². The van der Waals surface area contributed by atoms with Gasteiger partial charge in [0.1, 0.15) is 0 Å². The third-order valence-electron chi connectivity index (χ3n) is 1.71. The molecule has 0 aliphatic carbocycles. The van der Waals surface area contributed by atoms with E-state index < -0.39 is 0 Å². The van der Waals surface area contributed by atoms with Crippen LogP contribution >= 0.6 is 0 Å². The monoisotopic (exact) mass is 258 g/mol. The van der Waals surface area contributed by atoms with E-state index in [0.29, 0.717) is 0 Å². The zero-order chi connectivity index (χ0) is 7.68. The van der Waals surface area contributed by atoms with Gasteiger partial charge in [0.15, 0.2) is 0 Å². The van der Waals surface area contributed by atoms with Crippen LogP contribution in [0.4, 0.5) is 5.69 Å². The van der Waals surface area contributed by atoms with Crippen LogP contribution in [-0.4, -0.2) is 7.05 Å². The fraction of sp³-hybridized carbons (Fsp3) is 0.111. The number of hydrogen-bond donors (Lipinski definition) is 0. The molecule has 0 N–H and O–H groups in total. The zero-order valence-electron chi connectivity index (χ0n) is 6.29. The number of benzene rings is 1. The summed E-state index contributed by atoms with van der Waals surface area (Å²) >= 11 is 0.116. The second kappa shape index (κ2) is 2.85. The average molecular weight is 258 g/mol. The topological polar surface area (TPSA) is 3.24 Å². The normalized spacial score (nSPS) is 15.5. The Kier molecular flexibility index (Phi) is 1.85. The van der Waals surface area contributed by atoms with E-state index in [1.54, 1.807) is 0 Å². The molecule has 0 saturated heterocycles. The van der Waals surface area contributed by atoms with Crippen LogP contribution in [0.1, 0.15) is 5.56 Å². The molecule has 1 aliphatic rings. The summed E-state index contributed by atoms with van der Waals surface area (Å²) in [7, 11) is 2.16. The Morgan fingerprint density at radius 2 is 2.09 bits per heavy atom. The van der Waals surface area contributed by atoms with E-state index in [4.69, 9.17) is 0 Å². The van der Waals surface area contributed by atoms with Crippen LogP contribution in [0.25, 0.3) is 6.08 Å². The van der Waals surface area contributed by atoms with Gasteiger partial charge in [0.2, 0.25) is 0 Å². The van der Waals surface area contributed by atoms with Crippen molar-refractivity contribution in [1.29, 1.82) is 0 Å². The molecule has 0 radical (unpaired) electrons. The molecule has 1 nitrogen and oxygen atoms in total. The molecule has 0 aromatic heterocycles. The summed E-state index contributed by atoms with van der Waals surface area (Å²) in [6.45, 7) is 0. The molecule has 0 bridgehead atoms. The Hall–Kier alpha value is -0.510. The standard InChI is InChI=1S/C9H9IN/c1-11-9-5-3-2-4-8(9)6-7-10-11/h2-7H,1H3/q-1. The van der Waals surface area contributed by atoms with Crippen LogP contribution in [0.5, 0.6) is 0 Å². The summed E-state index contributed by atoms with van der Waals surface area (Å²) in [6, 6.07) is 8.52. The first-order chi connectivity index (χ1) is 5.38. The molecule has 2 rings (SSSR count). The molecule has 1 heterocycles. The zero-order valence-corrected chi connectivity index (χ0v) is 8.45. The SMILES string of the molecule is CN1[I-]C=Cc2ccccc21. The van der Waals surface area contributed by atoms with Crippen molar-refractivity contribution in [3.8, 4) is 0 Å². The first-order valence-corrected chi connectivity index (χ1v) is 5.72. The summed E-state index contributed by atoms with van der Waals surface area (Å²) in [5.74, 6) is 0. The van der Waals surface area contributed by atoms with Crippen LogP contribution in [-0.2, 0) is 0 Å². The van der Waals surface area contributed by atoms with Crippen molar-refractivity contribution in [2.24, 2.45) is 0 Å². The third-order valence-corrected chi connectivity index (χ3v) is 3.75. The quantitative estimate of drug-likeness (QED) is 0.431. The number of anilines is 1. The molecule has 0 spiro atoms. The van der Waals surface area contributed by atoms with E-state index in [9.17, 15) is 0 Å². The predicted octanol–water partition coefficient (Wildman–Crippen LogP) is -0.889. The Bertz CT molecular complexity index is 293. The molecule has 11 heavy (non-hydrogen) atoms.